The third-order valence-electron chi connectivity index (χ3n) is 6.08. The molecule has 6 rings (SSSR count). The Morgan fingerprint density at radius 3 is 1.03 bits per heavy atom. The fourth-order valence-electron chi connectivity index (χ4n) is 4.03. The highest BCUT2D eigenvalue weighted by molar-refractivity contribution is 6.34. The van der Waals surface area contributed by atoms with Gasteiger partial charge in [0.1, 0.15) is 17.5 Å². The summed E-state index contributed by atoms with van der Waals surface area (Å²) in [7, 11) is 0. The highest BCUT2D eigenvalue weighted by Gasteiger charge is 2.35. The monoisotopic (exact) mass is 497 g/mol. The molecule has 0 amide bonds. The van der Waals surface area contributed by atoms with Crippen LogP contribution in [0.25, 0.3) is 0 Å². The second-order valence-corrected chi connectivity index (χ2v) is 8.77. The molecule has 3 heterocycles. The number of hydrogen-bond acceptors (Lipinski definition) is 7. The first kappa shape index (κ1) is 22.7. The van der Waals surface area contributed by atoms with Crippen molar-refractivity contribution < 1.29 is 13.2 Å². The van der Waals surface area contributed by atoms with Crippen LogP contribution in [0, 0.1) is 38.2 Å². The number of nitrogens with zero attached hydrogens (tertiary/aromatic N) is 7. The quantitative estimate of drug-likeness (QED) is 0.497. The average Bonchev–Trinajstić information content (AvgIpc) is 2.88. The normalized spacial score (nSPS) is 16.2. The number of benzene rings is 3. The first-order valence-corrected chi connectivity index (χ1v) is 11.4. The van der Waals surface area contributed by atoms with Crippen molar-refractivity contribution in [1.29, 1.82) is 0 Å². The van der Waals surface area contributed by atoms with Crippen molar-refractivity contribution in [1.82, 2.24) is 4.90 Å². The Balaban J connectivity index is 1.55. The van der Waals surface area contributed by atoms with Crippen molar-refractivity contribution >= 4 is 35.4 Å². The predicted molar refractivity (Wildman–Crippen MR) is 137 cm³/mol. The number of aryl methyl sites for hydroxylation is 3. The Labute approximate surface area is 209 Å². The van der Waals surface area contributed by atoms with Gasteiger partial charge in [0.05, 0.1) is 0 Å². The van der Waals surface area contributed by atoms with E-state index >= 15 is 0 Å². The van der Waals surface area contributed by atoms with E-state index in [1.165, 1.54) is 23.1 Å². The molecule has 182 valence electrons. The Morgan fingerprint density at radius 2 is 0.757 bits per heavy atom. The van der Waals surface area contributed by atoms with E-state index in [0.717, 1.165) is 0 Å². The maximum atomic E-state index is 13.9. The Bertz CT molecular complexity index is 1500. The summed E-state index contributed by atoms with van der Waals surface area (Å²) in [4.78, 5) is 29.1. The number of aliphatic imine (C=N–C) groups is 6. The first-order valence-electron chi connectivity index (χ1n) is 11.4. The lowest BCUT2D eigenvalue weighted by Gasteiger charge is -2.30. The zero-order chi connectivity index (χ0) is 25.8. The van der Waals surface area contributed by atoms with Gasteiger partial charge in [0.15, 0.2) is 17.5 Å². The van der Waals surface area contributed by atoms with E-state index < -0.39 is 0 Å². The fourth-order valence-corrected chi connectivity index (χ4v) is 4.03. The van der Waals surface area contributed by atoms with Gasteiger partial charge in [-0.1, -0.05) is 0 Å². The molecule has 3 aromatic rings. The summed E-state index contributed by atoms with van der Waals surface area (Å²) in [6.07, 6.45) is 0. The van der Waals surface area contributed by atoms with Gasteiger partial charge in [-0.3, -0.25) is 0 Å². The summed E-state index contributed by atoms with van der Waals surface area (Å²) in [6, 6.07) is 13.7. The van der Waals surface area contributed by atoms with Gasteiger partial charge in [0.25, 0.3) is 0 Å². The van der Waals surface area contributed by atoms with Gasteiger partial charge in [-0.15, -0.1) is 0 Å². The summed E-state index contributed by atoms with van der Waals surface area (Å²) >= 11 is 0. The summed E-state index contributed by atoms with van der Waals surface area (Å²) < 4.78 is 41.8. The van der Waals surface area contributed by atoms with E-state index in [1.807, 2.05) is 0 Å². The predicted octanol–water partition coefficient (Wildman–Crippen LogP) is 5.08. The minimum absolute atomic E-state index is 0.214. The maximum absolute atomic E-state index is 13.9. The summed E-state index contributed by atoms with van der Waals surface area (Å²) in [5, 5.41) is 0. The molecule has 0 saturated heterocycles. The van der Waals surface area contributed by atoms with Crippen molar-refractivity contribution in [2.45, 2.75) is 20.8 Å². The molecule has 3 aliphatic rings. The van der Waals surface area contributed by atoms with Crippen molar-refractivity contribution in [3.05, 3.63) is 105 Å². The highest BCUT2D eigenvalue weighted by Crippen LogP contribution is 2.24. The number of guanidine groups is 3. The van der Waals surface area contributed by atoms with Crippen LogP contribution in [0.1, 0.15) is 33.4 Å². The standard InChI is InChI=1S/C27H18F3N7/c1-13-10-16(4-7-19(13)28)22-31-25-33-23(17-5-8-20(29)14(2)11-17)35-27-36-24(34-26(32-22)37(25)27)18-6-9-21(30)15(3)12-18/h4-12H,1-3H3. The molecule has 0 N–H and O–H groups in total. The zero-order valence-electron chi connectivity index (χ0n) is 20.0. The molecule has 0 spiro atoms. The number of rotatable bonds is 3. The number of hydrogen-bond donors (Lipinski definition) is 0. The van der Waals surface area contributed by atoms with E-state index in [4.69, 9.17) is 0 Å². The van der Waals surface area contributed by atoms with Crippen molar-refractivity contribution in [3.63, 3.8) is 0 Å². The fraction of sp³-hybridized carbons (Fsp3) is 0.111. The molecule has 0 radical (unpaired) electrons. The third kappa shape index (κ3) is 3.96. The smallest absolute Gasteiger partial charge is 0.213 e. The van der Waals surface area contributed by atoms with Crippen molar-refractivity contribution in [3.8, 4) is 0 Å². The van der Waals surface area contributed by atoms with Crippen molar-refractivity contribution in [2.24, 2.45) is 30.0 Å². The minimum Gasteiger partial charge on any atom is -0.213 e. The molecule has 3 aliphatic heterocycles. The molecular weight excluding hydrogens is 479 g/mol. The summed E-state index contributed by atoms with van der Waals surface area (Å²) in [5.41, 5.74) is 3.05. The molecule has 3 aromatic carbocycles. The Kier molecular flexibility index (Phi) is 5.18. The Morgan fingerprint density at radius 1 is 0.459 bits per heavy atom. The van der Waals surface area contributed by atoms with E-state index in [0.29, 0.717) is 33.4 Å². The summed E-state index contributed by atoms with van der Waals surface area (Å²) in [5.74, 6) is 0.457. The van der Waals surface area contributed by atoms with Crippen LogP contribution in [0.4, 0.5) is 13.2 Å². The minimum atomic E-state index is -0.343. The van der Waals surface area contributed by atoms with Crippen LogP contribution < -0.4 is 0 Å². The first-order chi connectivity index (χ1) is 17.8. The largest absolute Gasteiger partial charge is 0.243 e. The highest BCUT2D eigenvalue weighted by atomic mass is 19.1. The molecule has 0 aliphatic carbocycles. The molecule has 10 heteroatoms. The van der Waals surface area contributed by atoms with Crippen molar-refractivity contribution in [2.75, 3.05) is 0 Å². The van der Waals surface area contributed by atoms with E-state index in [9.17, 15) is 13.2 Å². The molecule has 0 fully saturated rings. The lowest BCUT2D eigenvalue weighted by molar-refractivity contribution is 0.618. The van der Waals surface area contributed by atoms with Gasteiger partial charge in [0, 0.05) is 16.7 Å². The second kappa shape index (κ2) is 8.44. The van der Waals surface area contributed by atoms with Gasteiger partial charge >= 0.3 is 0 Å². The SMILES string of the molecule is Cc1cc(C2=NC3=NC(c4ccc(F)c(C)c4)=NC4=NC(c5ccc(F)c(C)c5)=NC(=N2)N34)ccc1F. The molecule has 7 nitrogen and oxygen atoms in total. The van der Waals surface area contributed by atoms with Crippen LogP contribution in [0.15, 0.2) is 84.6 Å². The van der Waals surface area contributed by atoms with Gasteiger partial charge in [-0.05, 0) is 92.1 Å². The Hall–Kier alpha value is -4.73. The van der Waals surface area contributed by atoms with Gasteiger partial charge < -0.3 is 0 Å². The van der Waals surface area contributed by atoms with Gasteiger partial charge in [-0.2, -0.15) is 30.0 Å². The average molecular weight is 497 g/mol. The molecule has 0 unspecified atom stereocenters. The number of amidine groups is 3. The van der Waals surface area contributed by atoms with Crippen LogP contribution in [0.3, 0.4) is 0 Å². The lowest BCUT2D eigenvalue weighted by atomic mass is 10.1. The van der Waals surface area contributed by atoms with E-state index in [1.54, 1.807) is 57.2 Å². The van der Waals surface area contributed by atoms with Crippen LogP contribution in [-0.2, 0) is 0 Å². The molecule has 0 atom stereocenters. The molecule has 0 saturated carbocycles. The second-order valence-electron chi connectivity index (χ2n) is 8.77. The topological polar surface area (TPSA) is 77.4 Å². The lowest BCUT2D eigenvalue weighted by Crippen LogP contribution is -2.48. The van der Waals surface area contributed by atoms with Gasteiger partial charge in [-0.25, -0.2) is 18.1 Å². The van der Waals surface area contributed by atoms with E-state index in [2.05, 4.69) is 30.0 Å². The molecule has 37 heavy (non-hydrogen) atoms. The third-order valence-corrected chi connectivity index (χ3v) is 6.08. The van der Waals surface area contributed by atoms with Crippen LogP contribution in [0.5, 0.6) is 0 Å². The molecule has 0 aromatic heterocycles. The zero-order valence-corrected chi connectivity index (χ0v) is 20.0. The van der Waals surface area contributed by atoms with E-state index in [-0.39, 0.29) is 52.8 Å². The van der Waals surface area contributed by atoms with Crippen LogP contribution >= 0.6 is 0 Å². The van der Waals surface area contributed by atoms with Crippen LogP contribution in [0.2, 0.25) is 0 Å². The van der Waals surface area contributed by atoms with Gasteiger partial charge in [0.2, 0.25) is 17.9 Å². The van der Waals surface area contributed by atoms with Crippen LogP contribution in [-0.4, -0.2) is 40.3 Å². The number of halogens is 3. The molecular formula is C27H18F3N7. The maximum Gasteiger partial charge on any atom is 0.243 e. The summed E-state index contributed by atoms with van der Waals surface area (Å²) in [6.45, 7) is 4.96. The molecule has 0 bridgehead atoms.